The van der Waals surface area contributed by atoms with Crippen LogP contribution in [0.1, 0.15) is 38.5 Å². The summed E-state index contributed by atoms with van der Waals surface area (Å²) in [6.07, 6.45) is 5.26. The summed E-state index contributed by atoms with van der Waals surface area (Å²) in [5.41, 5.74) is -1.02. The van der Waals surface area contributed by atoms with Crippen molar-refractivity contribution in [1.29, 1.82) is 5.26 Å². The molecule has 0 unspecified atom stereocenters. The molecule has 1 aromatic rings. The Bertz CT molecular complexity index is 680. The number of amides is 1. The molecule has 2 aliphatic rings. The third-order valence-electron chi connectivity index (χ3n) is 4.52. The highest BCUT2D eigenvalue weighted by atomic mass is 32.2. The van der Waals surface area contributed by atoms with E-state index in [1.807, 2.05) is 0 Å². The van der Waals surface area contributed by atoms with Crippen molar-refractivity contribution in [3.63, 3.8) is 0 Å². The molecule has 8 nitrogen and oxygen atoms in total. The number of aromatic nitrogens is 3. The van der Waals surface area contributed by atoms with E-state index in [1.54, 1.807) is 0 Å². The summed E-state index contributed by atoms with van der Waals surface area (Å²) in [6, 6.07) is 2.24. The standard InChI is InChI=1S/C15H21N5O3S/c16-10-15(5-1-2-6-15)17-12(21)9-24-14-19-18-13(22)20(14)8-11-4-3-7-23-11/h11H,1-9H2,(H,17,21)(H,18,22)/t11-/m0/s1. The fraction of sp³-hybridized carbons (Fsp3) is 0.733. The maximum absolute atomic E-state index is 12.2. The number of nitriles is 1. The first kappa shape index (κ1) is 17.0. The molecule has 1 aliphatic carbocycles. The van der Waals surface area contributed by atoms with Crippen LogP contribution in [0.2, 0.25) is 0 Å². The van der Waals surface area contributed by atoms with E-state index in [0.717, 1.165) is 32.3 Å². The van der Waals surface area contributed by atoms with Gasteiger partial charge in [-0.3, -0.25) is 9.36 Å². The highest BCUT2D eigenvalue weighted by molar-refractivity contribution is 7.99. The number of hydrogen-bond acceptors (Lipinski definition) is 6. The lowest BCUT2D eigenvalue weighted by Gasteiger charge is -2.21. The fourth-order valence-corrected chi connectivity index (χ4v) is 4.00. The van der Waals surface area contributed by atoms with Crippen LogP contribution >= 0.6 is 11.8 Å². The van der Waals surface area contributed by atoms with Crippen LogP contribution < -0.4 is 11.0 Å². The quantitative estimate of drug-likeness (QED) is 0.733. The van der Waals surface area contributed by atoms with Gasteiger partial charge >= 0.3 is 5.69 Å². The first-order valence-corrected chi connectivity index (χ1v) is 9.22. The van der Waals surface area contributed by atoms with Gasteiger partial charge in [0.05, 0.1) is 24.5 Å². The van der Waals surface area contributed by atoms with Crippen LogP contribution in [0.5, 0.6) is 0 Å². The van der Waals surface area contributed by atoms with Crippen LogP contribution in [0.4, 0.5) is 0 Å². The Kier molecular flexibility index (Phi) is 5.26. The predicted octanol–water partition coefficient (Wildman–Crippen LogP) is 0.795. The van der Waals surface area contributed by atoms with E-state index < -0.39 is 5.54 Å². The first-order valence-electron chi connectivity index (χ1n) is 8.24. The summed E-state index contributed by atoms with van der Waals surface area (Å²) in [4.78, 5) is 24.0. The lowest BCUT2D eigenvalue weighted by Crippen LogP contribution is -2.45. The maximum Gasteiger partial charge on any atom is 0.344 e. The normalized spacial score (nSPS) is 22.4. The third kappa shape index (κ3) is 3.82. The van der Waals surface area contributed by atoms with Crippen LogP contribution in [-0.2, 0) is 16.1 Å². The number of aromatic amines is 1. The van der Waals surface area contributed by atoms with Crippen molar-refractivity contribution in [3.8, 4) is 6.07 Å². The molecule has 1 atom stereocenters. The van der Waals surface area contributed by atoms with Gasteiger partial charge in [0.25, 0.3) is 0 Å². The fourth-order valence-electron chi connectivity index (χ4n) is 3.24. The summed E-state index contributed by atoms with van der Waals surface area (Å²) in [6.45, 7) is 1.17. The topological polar surface area (TPSA) is 113 Å². The second-order valence-corrected chi connectivity index (χ2v) is 7.24. The van der Waals surface area contributed by atoms with Gasteiger partial charge in [-0.05, 0) is 38.5 Å². The molecule has 130 valence electrons. The molecule has 2 N–H and O–H groups in total. The van der Waals surface area contributed by atoms with Gasteiger partial charge in [-0.15, -0.1) is 5.10 Å². The number of carbonyl (C=O) groups excluding carboxylic acids is 1. The zero-order chi connectivity index (χ0) is 17.0. The molecule has 1 aromatic heterocycles. The van der Waals surface area contributed by atoms with Gasteiger partial charge in [-0.25, -0.2) is 9.89 Å². The van der Waals surface area contributed by atoms with E-state index >= 15 is 0 Å². The van der Waals surface area contributed by atoms with Gasteiger partial charge < -0.3 is 10.1 Å². The van der Waals surface area contributed by atoms with E-state index in [1.165, 1.54) is 16.3 Å². The molecule has 24 heavy (non-hydrogen) atoms. The molecule has 1 saturated carbocycles. The van der Waals surface area contributed by atoms with Crippen LogP contribution in [0.25, 0.3) is 0 Å². The Labute approximate surface area is 143 Å². The lowest BCUT2D eigenvalue weighted by atomic mass is 10.0. The highest BCUT2D eigenvalue weighted by Crippen LogP contribution is 2.29. The lowest BCUT2D eigenvalue weighted by molar-refractivity contribution is -0.119. The molecule has 0 aromatic carbocycles. The molecule has 0 radical (unpaired) electrons. The smallest absolute Gasteiger partial charge is 0.344 e. The molecule has 1 amide bonds. The number of thioether (sulfide) groups is 1. The Morgan fingerprint density at radius 1 is 1.50 bits per heavy atom. The summed E-state index contributed by atoms with van der Waals surface area (Å²) < 4.78 is 7.07. The van der Waals surface area contributed by atoms with E-state index in [4.69, 9.17) is 4.74 Å². The van der Waals surface area contributed by atoms with Crippen LogP contribution in [0.3, 0.4) is 0 Å². The van der Waals surface area contributed by atoms with Gasteiger partial charge in [0.2, 0.25) is 5.91 Å². The molecule has 9 heteroatoms. The Morgan fingerprint density at radius 3 is 2.96 bits per heavy atom. The van der Waals surface area contributed by atoms with Gasteiger partial charge in [0.1, 0.15) is 5.54 Å². The summed E-state index contributed by atoms with van der Waals surface area (Å²) in [5, 5.41) is 19.0. The van der Waals surface area contributed by atoms with Crippen molar-refractivity contribution < 1.29 is 9.53 Å². The van der Waals surface area contributed by atoms with Gasteiger partial charge in [-0.1, -0.05) is 11.8 Å². The van der Waals surface area contributed by atoms with Crippen molar-refractivity contribution in [2.24, 2.45) is 0 Å². The number of H-pyrrole nitrogens is 1. The average molecular weight is 351 g/mol. The molecule has 0 bridgehead atoms. The summed E-state index contributed by atoms with van der Waals surface area (Å²) in [7, 11) is 0. The number of ether oxygens (including phenoxy) is 1. The molecule has 3 rings (SSSR count). The minimum absolute atomic E-state index is 0.0221. The zero-order valence-electron chi connectivity index (χ0n) is 13.4. The zero-order valence-corrected chi connectivity index (χ0v) is 14.2. The molecule has 0 spiro atoms. The molecule has 1 saturated heterocycles. The van der Waals surface area contributed by atoms with Crippen molar-refractivity contribution in [2.45, 2.75) is 61.9 Å². The summed E-state index contributed by atoms with van der Waals surface area (Å²) in [5.74, 6) is -0.0817. The summed E-state index contributed by atoms with van der Waals surface area (Å²) >= 11 is 1.20. The minimum Gasteiger partial charge on any atom is -0.376 e. The molecule has 1 aliphatic heterocycles. The third-order valence-corrected chi connectivity index (χ3v) is 5.49. The maximum atomic E-state index is 12.2. The van der Waals surface area contributed by atoms with Crippen LogP contribution in [0.15, 0.2) is 9.95 Å². The number of nitrogens with zero attached hydrogens (tertiary/aromatic N) is 3. The van der Waals surface area contributed by atoms with Gasteiger partial charge in [0, 0.05) is 6.61 Å². The monoisotopic (exact) mass is 351 g/mol. The minimum atomic E-state index is -0.722. The van der Waals surface area contributed by atoms with E-state index in [2.05, 4.69) is 21.6 Å². The largest absolute Gasteiger partial charge is 0.376 e. The predicted molar refractivity (Wildman–Crippen MR) is 87.5 cm³/mol. The van der Waals surface area contributed by atoms with Gasteiger partial charge in [0.15, 0.2) is 5.16 Å². The Morgan fingerprint density at radius 2 is 2.29 bits per heavy atom. The van der Waals surface area contributed by atoms with E-state index in [9.17, 15) is 14.9 Å². The number of hydrogen-bond donors (Lipinski definition) is 2. The van der Waals surface area contributed by atoms with E-state index in [0.29, 0.717) is 24.5 Å². The molecular formula is C15H21N5O3S. The van der Waals surface area contributed by atoms with Crippen LogP contribution in [0, 0.1) is 11.3 Å². The Hall–Kier alpha value is -1.79. The number of carbonyl (C=O) groups is 1. The number of nitrogens with one attached hydrogen (secondary N) is 2. The van der Waals surface area contributed by atoms with Crippen molar-refractivity contribution >= 4 is 17.7 Å². The Balaban J connectivity index is 1.57. The van der Waals surface area contributed by atoms with Gasteiger partial charge in [-0.2, -0.15) is 5.26 Å². The van der Waals surface area contributed by atoms with Crippen molar-refractivity contribution in [3.05, 3.63) is 10.5 Å². The SMILES string of the molecule is N#CC1(NC(=O)CSc2n[nH]c(=O)n2C[C@@H]2CCCO2)CCCC1. The van der Waals surface area contributed by atoms with Crippen molar-refractivity contribution in [2.75, 3.05) is 12.4 Å². The molecular weight excluding hydrogens is 330 g/mol. The number of rotatable bonds is 6. The van der Waals surface area contributed by atoms with E-state index in [-0.39, 0.29) is 23.5 Å². The molecule has 2 heterocycles. The molecule has 2 fully saturated rings. The first-order chi connectivity index (χ1) is 11.6. The highest BCUT2D eigenvalue weighted by Gasteiger charge is 2.35. The second-order valence-electron chi connectivity index (χ2n) is 6.29. The average Bonchev–Trinajstić information content (AvgIpc) is 3.30. The van der Waals surface area contributed by atoms with Crippen molar-refractivity contribution in [1.82, 2.24) is 20.1 Å². The van der Waals surface area contributed by atoms with Crippen LogP contribution in [-0.4, -0.2) is 44.7 Å². The second kappa shape index (κ2) is 7.40.